The van der Waals surface area contributed by atoms with E-state index in [1.54, 1.807) is 48.9 Å². The van der Waals surface area contributed by atoms with E-state index in [0.29, 0.717) is 27.7 Å². The van der Waals surface area contributed by atoms with E-state index in [-0.39, 0.29) is 24.3 Å². The molecule has 0 aromatic carbocycles. The zero-order valence-electron chi connectivity index (χ0n) is 21.4. The second-order valence-electron chi connectivity index (χ2n) is 9.37. The van der Waals surface area contributed by atoms with E-state index in [9.17, 15) is 21.6 Å². The smallest absolute Gasteiger partial charge is 0.363 e. The van der Waals surface area contributed by atoms with Gasteiger partial charge in [-0.2, -0.15) is 17.6 Å². The molecule has 0 fully saturated rings. The van der Waals surface area contributed by atoms with Gasteiger partial charge in [0.15, 0.2) is 0 Å². The third-order valence-corrected chi connectivity index (χ3v) is 6.80. The van der Waals surface area contributed by atoms with E-state index >= 15 is 4.39 Å². The van der Waals surface area contributed by atoms with Gasteiger partial charge < -0.3 is 10.3 Å². The van der Waals surface area contributed by atoms with Crippen LogP contribution in [-0.2, 0) is 29.0 Å². The van der Waals surface area contributed by atoms with Crippen molar-refractivity contribution in [1.82, 2.24) is 24.9 Å². The molecule has 14 heteroatoms. The molecule has 0 aliphatic carbocycles. The van der Waals surface area contributed by atoms with Crippen LogP contribution in [0.4, 0.5) is 29.1 Å². The average Bonchev–Trinajstić information content (AvgIpc) is 3.31. The van der Waals surface area contributed by atoms with Crippen molar-refractivity contribution in [2.45, 2.75) is 25.1 Å². The summed E-state index contributed by atoms with van der Waals surface area (Å²) in [5, 5.41) is 3.78. The fraction of sp³-hybridized carbons (Fsp3) is 0.185. The number of aromatic nitrogens is 5. The highest BCUT2D eigenvalue weighted by molar-refractivity contribution is 7.92. The molecule has 0 saturated heterocycles. The minimum atomic E-state index is -4.54. The van der Waals surface area contributed by atoms with Crippen LogP contribution < -0.4 is 10.0 Å². The number of H-pyrrole nitrogens is 1. The first kappa shape index (κ1) is 28.0. The Labute approximate surface area is 232 Å². The Hall–Kier alpha value is -4.59. The minimum absolute atomic E-state index is 0.159. The third kappa shape index (κ3) is 6.95. The van der Waals surface area contributed by atoms with Crippen LogP contribution in [0.15, 0.2) is 73.4 Å². The van der Waals surface area contributed by atoms with Crippen LogP contribution in [-0.4, -0.2) is 39.6 Å². The minimum Gasteiger partial charge on any atom is -0.363 e. The van der Waals surface area contributed by atoms with Crippen molar-refractivity contribution < 1.29 is 26.0 Å². The number of nitrogens with one attached hydrogen (secondary N) is 3. The van der Waals surface area contributed by atoms with Gasteiger partial charge in [0.1, 0.15) is 17.2 Å². The molecule has 1 atom stereocenters. The van der Waals surface area contributed by atoms with Crippen molar-refractivity contribution in [1.29, 1.82) is 0 Å². The number of rotatable bonds is 9. The van der Waals surface area contributed by atoms with Crippen molar-refractivity contribution in [3.63, 3.8) is 0 Å². The maximum absolute atomic E-state index is 15.2. The normalized spacial score (nSPS) is 12.8. The first-order valence-corrected chi connectivity index (χ1v) is 14.1. The molecular weight excluding hydrogens is 562 g/mol. The number of pyridine rings is 4. The molecule has 0 aliphatic rings. The summed E-state index contributed by atoms with van der Waals surface area (Å²) in [5.74, 6) is -0.496. The first-order chi connectivity index (χ1) is 19.4. The number of sulfonamides is 1. The van der Waals surface area contributed by atoms with Gasteiger partial charge in [0.05, 0.1) is 24.2 Å². The summed E-state index contributed by atoms with van der Waals surface area (Å²) in [5.41, 5.74) is 2.06. The second kappa shape index (κ2) is 11.1. The van der Waals surface area contributed by atoms with Crippen LogP contribution in [0.2, 0.25) is 0 Å². The molecule has 0 amide bonds. The van der Waals surface area contributed by atoms with Gasteiger partial charge in [-0.15, -0.1) is 0 Å². The van der Waals surface area contributed by atoms with Crippen molar-refractivity contribution >= 4 is 32.6 Å². The van der Waals surface area contributed by atoms with Gasteiger partial charge in [-0.1, -0.05) is 18.2 Å². The number of nitrogens with zero attached hydrogens (tertiary/aromatic N) is 4. The Morgan fingerprint density at radius 2 is 1.85 bits per heavy atom. The fourth-order valence-electron chi connectivity index (χ4n) is 4.32. The summed E-state index contributed by atoms with van der Waals surface area (Å²) in [6, 6.07) is 10.1. The molecule has 0 saturated carbocycles. The quantitative estimate of drug-likeness (QED) is 0.159. The van der Waals surface area contributed by atoms with E-state index < -0.39 is 33.9 Å². The topological polar surface area (TPSA) is 126 Å². The highest BCUT2D eigenvalue weighted by Crippen LogP contribution is 2.29. The Bertz CT molecular complexity index is 1780. The lowest BCUT2D eigenvalue weighted by Gasteiger charge is -2.20. The van der Waals surface area contributed by atoms with Crippen LogP contribution in [0.25, 0.3) is 11.0 Å². The number of hydrogen-bond donors (Lipinski definition) is 3. The second-order valence-corrected chi connectivity index (χ2v) is 11.1. The van der Waals surface area contributed by atoms with Gasteiger partial charge in [0, 0.05) is 42.2 Å². The maximum atomic E-state index is 15.2. The Balaban J connectivity index is 1.36. The summed E-state index contributed by atoms with van der Waals surface area (Å²) in [6.45, 7) is 0. The Kier molecular flexibility index (Phi) is 7.58. The van der Waals surface area contributed by atoms with E-state index in [2.05, 4.69) is 35.0 Å². The highest BCUT2D eigenvalue weighted by atomic mass is 32.2. The number of hydrogen-bond acceptors (Lipinski definition) is 7. The van der Waals surface area contributed by atoms with Gasteiger partial charge in [0.25, 0.3) is 0 Å². The summed E-state index contributed by atoms with van der Waals surface area (Å²) in [7, 11) is -3.50. The van der Waals surface area contributed by atoms with Crippen LogP contribution in [0.5, 0.6) is 0 Å². The summed E-state index contributed by atoms with van der Waals surface area (Å²) < 4.78 is 79.5. The predicted octanol–water partition coefficient (Wildman–Crippen LogP) is 5.26. The van der Waals surface area contributed by atoms with Crippen molar-refractivity contribution in [3.8, 4) is 0 Å². The number of anilines is 2. The molecule has 5 heterocycles. The standard InChI is InChI=1S/C27H23F4N7O2S/c1-41(39,40)38-20-11-21-19(14-34-26(21)35-15-20)10-17-5-7-24(37-25(17)28)36-22(18-3-2-8-32-13-18)9-16-4-6-23(33-12-16)27(29,30)31/h2-8,11-15,22,38H,9-10H2,1H3,(H,34,35)(H,36,37). The van der Waals surface area contributed by atoms with E-state index in [0.717, 1.165) is 24.1 Å². The van der Waals surface area contributed by atoms with Crippen molar-refractivity contribution in [2.24, 2.45) is 0 Å². The molecule has 41 heavy (non-hydrogen) atoms. The zero-order valence-corrected chi connectivity index (χ0v) is 22.3. The zero-order chi connectivity index (χ0) is 29.2. The monoisotopic (exact) mass is 585 g/mol. The SMILES string of the molecule is CS(=O)(=O)Nc1cnc2[nH]cc(Cc3ccc(NC(Cc4ccc(C(F)(F)F)nc4)c4cccnc4)nc3F)c2c1. The lowest BCUT2D eigenvalue weighted by atomic mass is 10.0. The molecule has 5 aromatic heterocycles. The number of aromatic amines is 1. The predicted molar refractivity (Wildman–Crippen MR) is 145 cm³/mol. The van der Waals surface area contributed by atoms with Crippen LogP contribution in [0, 0.1) is 5.95 Å². The van der Waals surface area contributed by atoms with Crippen molar-refractivity contribution in [2.75, 3.05) is 16.3 Å². The van der Waals surface area contributed by atoms with E-state index in [1.165, 1.54) is 12.3 Å². The molecule has 5 aromatic rings. The molecule has 0 radical (unpaired) electrons. The number of halogens is 4. The van der Waals surface area contributed by atoms with Gasteiger partial charge in [0.2, 0.25) is 16.0 Å². The molecule has 0 aliphatic heterocycles. The molecule has 0 spiro atoms. The fourth-order valence-corrected chi connectivity index (χ4v) is 4.86. The lowest BCUT2D eigenvalue weighted by Crippen LogP contribution is -2.16. The summed E-state index contributed by atoms with van der Waals surface area (Å²) in [6.07, 6.45) is 4.31. The van der Waals surface area contributed by atoms with Crippen LogP contribution in [0.1, 0.15) is 34.0 Å². The summed E-state index contributed by atoms with van der Waals surface area (Å²) >= 11 is 0. The number of fused-ring (bicyclic) bond motifs is 1. The molecule has 1 unspecified atom stereocenters. The average molecular weight is 586 g/mol. The van der Waals surface area contributed by atoms with Gasteiger partial charge >= 0.3 is 6.18 Å². The maximum Gasteiger partial charge on any atom is 0.433 e. The molecule has 212 valence electrons. The van der Waals surface area contributed by atoms with E-state index in [4.69, 9.17) is 0 Å². The summed E-state index contributed by atoms with van der Waals surface area (Å²) in [4.78, 5) is 18.9. The number of alkyl halides is 3. The first-order valence-electron chi connectivity index (χ1n) is 12.2. The van der Waals surface area contributed by atoms with E-state index in [1.807, 2.05) is 0 Å². The van der Waals surface area contributed by atoms with Crippen LogP contribution >= 0.6 is 0 Å². The molecular formula is C27H23F4N7O2S. The van der Waals surface area contributed by atoms with Gasteiger partial charge in [-0.05, 0) is 47.4 Å². The Morgan fingerprint density at radius 3 is 2.51 bits per heavy atom. The molecule has 3 N–H and O–H groups in total. The van der Waals surface area contributed by atoms with Crippen LogP contribution in [0.3, 0.4) is 0 Å². The highest BCUT2D eigenvalue weighted by Gasteiger charge is 2.32. The third-order valence-electron chi connectivity index (χ3n) is 6.19. The van der Waals surface area contributed by atoms with Gasteiger partial charge in [-0.25, -0.2) is 18.4 Å². The molecule has 0 bridgehead atoms. The van der Waals surface area contributed by atoms with Gasteiger partial charge in [-0.3, -0.25) is 14.7 Å². The molecule has 9 nitrogen and oxygen atoms in total. The van der Waals surface area contributed by atoms with Crippen molar-refractivity contribution in [3.05, 3.63) is 107 Å². The lowest BCUT2D eigenvalue weighted by molar-refractivity contribution is -0.141. The molecule has 5 rings (SSSR count). The Morgan fingerprint density at radius 1 is 1.02 bits per heavy atom. The largest absolute Gasteiger partial charge is 0.433 e.